The SMILES string of the molecule is CN1CCN(Cc2cc(F)cc(CN)c2)CC1(C)C. The zero-order chi connectivity index (χ0) is 14.0. The molecule has 106 valence electrons. The quantitative estimate of drug-likeness (QED) is 0.904. The van der Waals surface area contributed by atoms with E-state index in [4.69, 9.17) is 5.73 Å². The summed E-state index contributed by atoms with van der Waals surface area (Å²) in [6, 6.07) is 5.14. The molecule has 1 fully saturated rings. The highest BCUT2D eigenvalue weighted by atomic mass is 19.1. The second-order valence-corrected chi connectivity index (χ2v) is 6.12. The Bertz CT molecular complexity index is 445. The first kappa shape index (κ1) is 14.4. The first-order valence-corrected chi connectivity index (χ1v) is 6.83. The predicted molar refractivity (Wildman–Crippen MR) is 76.3 cm³/mol. The minimum Gasteiger partial charge on any atom is -0.326 e. The van der Waals surface area contributed by atoms with Crippen LogP contribution in [0.5, 0.6) is 0 Å². The molecular formula is C15H24FN3. The van der Waals surface area contributed by atoms with Crippen molar-refractivity contribution in [2.24, 2.45) is 5.73 Å². The Balaban J connectivity index is 2.07. The van der Waals surface area contributed by atoms with E-state index in [0.29, 0.717) is 6.54 Å². The Morgan fingerprint density at radius 1 is 1.21 bits per heavy atom. The molecule has 0 unspecified atom stereocenters. The summed E-state index contributed by atoms with van der Waals surface area (Å²) < 4.78 is 13.5. The Morgan fingerprint density at radius 2 is 1.89 bits per heavy atom. The number of halogens is 1. The molecule has 0 atom stereocenters. The number of benzene rings is 1. The van der Waals surface area contributed by atoms with Gasteiger partial charge in [-0.1, -0.05) is 6.07 Å². The van der Waals surface area contributed by atoms with Crippen molar-refractivity contribution in [3.63, 3.8) is 0 Å². The standard InChI is InChI=1S/C15H24FN3/c1-15(2)11-19(5-4-18(15)3)10-13-6-12(9-17)7-14(16)8-13/h6-8H,4-5,9-11,17H2,1-3H3. The van der Waals surface area contributed by atoms with Gasteiger partial charge in [-0.25, -0.2) is 4.39 Å². The summed E-state index contributed by atoms with van der Waals surface area (Å²) in [5.74, 6) is -0.189. The van der Waals surface area contributed by atoms with Crippen molar-refractivity contribution < 1.29 is 4.39 Å². The lowest BCUT2D eigenvalue weighted by Gasteiger charge is -2.45. The first-order chi connectivity index (χ1) is 8.90. The molecule has 1 heterocycles. The van der Waals surface area contributed by atoms with Gasteiger partial charge in [-0.3, -0.25) is 9.80 Å². The van der Waals surface area contributed by atoms with Crippen LogP contribution in [0.25, 0.3) is 0 Å². The maximum atomic E-state index is 13.5. The molecule has 1 aliphatic rings. The van der Waals surface area contributed by atoms with Crippen molar-refractivity contribution in [1.29, 1.82) is 0 Å². The largest absolute Gasteiger partial charge is 0.326 e. The number of nitrogens with two attached hydrogens (primary N) is 1. The fourth-order valence-electron chi connectivity index (χ4n) is 2.66. The number of hydrogen-bond acceptors (Lipinski definition) is 3. The van der Waals surface area contributed by atoms with Crippen LogP contribution < -0.4 is 5.73 Å². The molecule has 0 amide bonds. The van der Waals surface area contributed by atoms with Crippen molar-refractivity contribution >= 4 is 0 Å². The van der Waals surface area contributed by atoms with E-state index in [0.717, 1.165) is 37.3 Å². The van der Waals surface area contributed by atoms with Crippen molar-refractivity contribution in [2.75, 3.05) is 26.7 Å². The third kappa shape index (κ3) is 3.53. The topological polar surface area (TPSA) is 32.5 Å². The van der Waals surface area contributed by atoms with Crippen LogP contribution in [0.1, 0.15) is 25.0 Å². The summed E-state index contributed by atoms with van der Waals surface area (Å²) in [4.78, 5) is 4.76. The van der Waals surface area contributed by atoms with Gasteiger partial charge in [0, 0.05) is 38.3 Å². The summed E-state index contributed by atoms with van der Waals surface area (Å²) >= 11 is 0. The van der Waals surface area contributed by atoms with Gasteiger partial charge in [-0.15, -0.1) is 0 Å². The second kappa shape index (κ2) is 5.57. The summed E-state index contributed by atoms with van der Waals surface area (Å²) in [5, 5.41) is 0. The van der Waals surface area contributed by atoms with E-state index < -0.39 is 0 Å². The predicted octanol–water partition coefficient (Wildman–Crippen LogP) is 1.81. The van der Waals surface area contributed by atoms with E-state index in [1.54, 1.807) is 6.07 Å². The van der Waals surface area contributed by atoms with E-state index in [9.17, 15) is 4.39 Å². The molecule has 0 saturated carbocycles. The molecule has 2 N–H and O–H groups in total. The van der Waals surface area contributed by atoms with Gasteiger partial charge in [-0.2, -0.15) is 0 Å². The molecule has 3 nitrogen and oxygen atoms in total. The second-order valence-electron chi connectivity index (χ2n) is 6.12. The summed E-state index contributed by atoms with van der Waals surface area (Å²) in [5.41, 5.74) is 7.64. The van der Waals surface area contributed by atoms with Gasteiger partial charge >= 0.3 is 0 Å². The molecule has 19 heavy (non-hydrogen) atoms. The third-order valence-electron chi connectivity index (χ3n) is 4.05. The van der Waals surface area contributed by atoms with Crippen LogP contribution in [-0.4, -0.2) is 42.0 Å². The van der Waals surface area contributed by atoms with Gasteiger partial charge in [0.15, 0.2) is 0 Å². The Kier molecular flexibility index (Phi) is 4.23. The van der Waals surface area contributed by atoms with E-state index >= 15 is 0 Å². The molecule has 1 aromatic carbocycles. The van der Waals surface area contributed by atoms with Gasteiger partial charge < -0.3 is 5.73 Å². The zero-order valence-electron chi connectivity index (χ0n) is 12.1. The van der Waals surface area contributed by atoms with Crippen LogP contribution in [0.2, 0.25) is 0 Å². The lowest BCUT2D eigenvalue weighted by atomic mass is 9.99. The number of hydrogen-bond donors (Lipinski definition) is 1. The molecule has 0 aromatic heterocycles. The molecular weight excluding hydrogens is 241 g/mol. The average Bonchev–Trinajstić information content (AvgIpc) is 2.32. The highest BCUT2D eigenvalue weighted by molar-refractivity contribution is 5.24. The van der Waals surface area contributed by atoms with E-state index in [2.05, 4.69) is 30.7 Å². The van der Waals surface area contributed by atoms with Crippen LogP contribution >= 0.6 is 0 Å². The van der Waals surface area contributed by atoms with Crippen molar-refractivity contribution in [2.45, 2.75) is 32.5 Å². The van der Waals surface area contributed by atoms with Crippen LogP contribution in [-0.2, 0) is 13.1 Å². The molecule has 1 aliphatic heterocycles. The minimum absolute atomic E-state index is 0.169. The number of likely N-dealkylation sites (N-methyl/N-ethyl adjacent to an activating group) is 1. The number of nitrogens with zero attached hydrogens (tertiary/aromatic N) is 2. The maximum Gasteiger partial charge on any atom is 0.123 e. The average molecular weight is 265 g/mol. The first-order valence-electron chi connectivity index (χ1n) is 6.83. The van der Waals surface area contributed by atoms with Crippen molar-refractivity contribution in [1.82, 2.24) is 9.80 Å². The zero-order valence-corrected chi connectivity index (χ0v) is 12.1. The number of rotatable bonds is 3. The normalized spacial score (nSPS) is 20.7. The maximum absolute atomic E-state index is 13.5. The molecule has 0 bridgehead atoms. The Hall–Kier alpha value is -0.970. The smallest absolute Gasteiger partial charge is 0.123 e. The van der Waals surface area contributed by atoms with Gasteiger partial charge in [0.2, 0.25) is 0 Å². The molecule has 2 rings (SSSR count). The molecule has 1 saturated heterocycles. The minimum atomic E-state index is -0.189. The van der Waals surface area contributed by atoms with E-state index in [1.807, 2.05) is 6.07 Å². The van der Waals surface area contributed by atoms with Gasteiger partial charge in [0.05, 0.1) is 0 Å². The van der Waals surface area contributed by atoms with Crippen molar-refractivity contribution in [3.05, 3.63) is 35.1 Å². The molecule has 0 aliphatic carbocycles. The number of piperazine rings is 1. The fraction of sp³-hybridized carbons (Fsp3) is 0.600. The van der Waals surface area contributed by atoms with Crippen LogP contribution in [0.4, 0.5) is 4.39 Å². The van der Waals surface area contributed by atoms with Crippen LogP contribution in [0.3, 0.4) is 0 Å². The summed E-state index contributed by atoms with van der Waals surface area (Å²) in [7, 11) is 2.16. The van der Waals surface area contributed by atoms with Gasteiger partial charge in [0.1, 0.15) is 5.82 Å². The van der Waals surface area contributed by atoms with Crippen LogP contribution in [0, 0.1) is 5.82 Å². The summed E-state index contributed by atoms with van der Waals surface area (Å²) in [6.45, 7) is 8.74. The monoisotopic (exact) mass is 265 g/mol. The highest BCUT2D eigenvalue weighted by Crippen LogP contribution is 2.21. The lowest BCUT2D eigenvalue weighted by molar-refractivity contribution is 0.0359. The van der Waals surface area contributed by atoms with Gasteiger partial charge in [0.25, 0.3) is 0 Å². The molecule has 1 aromatic rings. The van der Waals surface area contributed by atoms with E-state index in [-0.39, 0.29) is 11.4 Å². The third-order valence-corrected chi connectivity index (χ3v) is 4.05. The molecule has 0 radical (unpaired) electrons. The lowest BCUT2D eigenvalue weighted by Crippen LogP contribution is -2.57. The van der Waals surface area contributed by atoms with Crippen molar-refractivity contribution in [3.8, 4) is 0 Å². The highest BCUT2D eigenvalue weighted by Gasteiger charge is 2.30. The van der Waals surface area contributed by atoms with Gasteiger partial charge in [-0.05, 0) is 44.2 Å². The fourth-order valence-corrected chi connectivity index (χ4v) is 2.66. The molecule has 4 heteroatoms. The van der Waals surface area contributed by atoms with E-state index in [1.165, 1.54) is 6.07 Å². The Labute approximate surface area is 115 Å². The summed E-state index contributed by atoms with van der Waals surface area (Å²) in [6.07, 6.45) is 0. The van der Waals surface area contributed by atoms with Crippen LogP contribution in [0.15, 0.2) is 18.2 Å². The Morgan fingerprint density at radius 3 is 2.53 bits per heavy atom. The molecule has 0 spiro atoms.